The van der Waals surface area contributed by atoms with Crippen molar-refractivity contribution in [1.29, 1.82) is 0 Å². The molecule has 1 aromatic carbocycles. The number of benzene rings is 1. The fourth-order valence-corrected chi connectivity index (χ4v) is 5.73. The number of H-pyrrole nitrogens is 1. The van der Waals surface area contributed by atoms with Crippen molar-refractivity contribution in [2.24, 2.45) is 0 Å². The number of fused-ring (bicyclic) bond motifs is 1. The lowest BCUT2D eigenvalue weighted by molar-refractivity contribution is -0.142. The van der Waals surface area contributed by atoms with Crippen LogP contribution in [0.15, 0.2) is 35.3 Å². The number of amides is 2. The van der Waals surface area contributed by atoms with E-state index >= 15 is 0 Å². The van der Waals surface area contributed by atoms with Crippen molar-refractivity contribution in [1.82, 2.24) is 30.6 Å². The molecule has 3 aromatic rings. The predicted octanol–water partition coefficient (Wildman–Crippen LogP) is 0.385. The maximum Gasteiger partial charge on any atom is 0.327 e. The highest BCUT2D eigenvalue weighted by Gasteiger charge is 2.24. The van der Waals surface area contributed by atoms with E-state index in [1.807, 2.05) is 0 Å². The zero-order chi connectivity index (χ0) is 32.9. The number of hydrogen-bond acceptors (Lipinski definition) is 14. The van der Waals surface area contributed by atoms with Crippen LogP contribution >= 0.6 is 21.6 Å². The average Bonchev–Trinajstić information content (AvgIpc) is 3.01. The zero-order valence-electron chi connectivity index (χ0n) is 23.8. The summed E-state index contributed by atoms with van der Waals surface area (Å²) in [6, 6.07) is 3.45. The van der Waals surface area contributed by atoms with Gasteiger partial charge in [0.05, 0.1) is 32.0 Å². The first-order valence-electron chi connectivity index (χ1n) is 13.2. The molecule has 8 N–H and O–H groups in total. The number of aromatic nitrogens is 4. The number of nitrogens with zero attached hydrogens (tertiary/aromatic N) is 3. The Kier molecular flexibility index (Phi) is 12.9. The van der Waals surface area contributed by atoms with Gasteiger partial charge in [0.25, 0.3) is 11.5 Å². The zero-order valence-corrected chi connectivity index (χ0v) is 25.4. The number of anilines is 2. The van der Waals surface area contributed by atoms with Gasteiger partial charge in [-0.25, -0.2) is 19.6 Å². The number of aromatic amines is 1. The highest BCUT2D eigenvalue weighted by Crippen LogP contribution is 2.23. The maximum absolute atomic E-state index is 12.7. The summed E-state index contributed by atoms with van der Waals surface area (Å²) in [4.78, 5) is 86.1. The van der Waals surface area contributed by atoms with Gasteiger partial charge in [-0.05, 0) is 30.7 Å². The van der Waals surface area contributed by atoms with Gasteiger partial charge in [-0.3, -0.25) is 24.2 Å². The van der Waals surface area contributed by atoms with Crippen molar-refractivity contribution >= 4 is 74.1 Å². The summed E-state index contributed by atoms with van der Waals surface area (Å²) in [7, 11) is 3.67. The number of nitrogen functional groups attached to an aromatic ring is 1. The van der Waals surface area contributed by atoms with Crippen LogP contribution in [0.3, 0.4) is 0 Å². The summed E-state index contributed by atoms with van der Waals surface area (Å²) >= 11 is 0. The number of rotatable bonds is 17. The summed E-state index contributed by atoms with van der Waals surface area (Å²) in [5.74, 6) is -4.07. The third-order valence-corrected chi connectivity index (χ3v) is 8.35. The van der Waals surface area contributed by atoms with E-state index in [0.717, 1.165) is 10.8 Å². The van der Waals surface area contributed by atoms with Gasteiger partial charge in [0.2, 0.25) is 11.9 Å². The van der Waals surface area contributed by atoms with E-state index in [1.165, 1.54) is 36.2 Å². The number of hydrogen-bond donors (Lipinski definition) is 7. The Morgan fingerprint density at radius 1 is 1.00 bits per heavy atom. The highest BCUT2D eigenvalue weighted by atomic mass is 33.1. The number of aliphatic carboxylic acids is 2. The summed E-state index contributed by atoms with van der Waals surface area (Å²) in [6.07, 6.45) is 0.961. The third kappa shape index (κ3) is 10.9. The minimum absolute atomic E-state index is 0.0133. The molecule has 0 saturated heterocycles. The Morgan fingerprint density at radius 3 is 2.38 bits per heavy atom. The summed E-state index contributed by atoms with van der Waals surface area (Å²) in [5, 5.41) is 26.7. The number of carbonyl (C=O) groups is 5. The van der Waals surface area contributed by atoms with Gasteiger partial charge in [0.1, 0.15) is 12.1 Å². The minimum atomic E-state index is -1.41. The molecule has 0 saturated carbocycles. The lowest BCUT2D eigenvalue weighted by Gasteiger charge is -2.17. The Bertz CT molecular complexity index is 1600. The molecule has 19 heteroatoms. The van der Waals surface area contributed by atoms with Gasteiger partial charge in [0, 0.05) is 29.2 Å². The standard InChI is InChI=1S/C26H30N8O9S2/c1-43-19(36)8-9-44-45-12-17(25(41)42)31-18(35)7-6-16(24(39)40)32-22(37)13-2-4-14(5-3-13)28-10-15-11-29-21-20(30-15)23(38)34-26(27)33-21/h2-5,11,16-17,28H,6-10,12H2,1H3,(H,31,35)(H,32,37)(H,39,40)(H,41,42)(H3,27,29,33,34,38). The van der Waals surface area contributed by atoms with Gasteiger partial charge in [-0.15, -0.1) is 0 Å². The molecule has 0 aliphatic carbocycles. The monoisotopic (exact) mass is 662 g/mol. The SMILES string of the molecule is COC(=O)CCSSCC(NC(=O)CCC(NC(=O)c1ccc(NCc2cnc3nc(N)[nH]c(=O)c3n2)cc1)C(=O)O)C(=O)O. The highest BCUT2D eigenvalue weighted by molar-refractivity contribution is 8.76. The molecule has 2 atom stereocenters. The van der Waals surface area contributed by atoms with Crippen LogP contribution in [0.5, 0.6) is 0 Å². The number of ether oxygens (including phenoxy) is 1. The maximum atomic E-state index is 12.7. The van der Waals surface area contributed by atoms with Crippen LogP contribution in [0.2, 0.25) is 0 Å². The molecular formula is C26H30N8O9S2. The Balaban J connectivity index is 1.48. The van der Waals surface area contributed by atoms with Gasteiger partial charge < -0.3 is 36.6 Å². The molecule has 2 amide bonds. The van der Waals surface area contributed by atoms with Gasteiger partial charge in [-0.2, -0.15) is 4.98 Å². The predicted molar refractivity (Wildman–Crippen MR) is 165 cm³/mol. The molecule has 2 unspecified atom stereocenters. The molecule has 0 bridgehead atoms. The van der Waals surface area contributed by atoms with E-state index in [9.17, 15) is 39.0 Å². The van der Waals surface area contributed by atoms with E-state index in [0.29, 0.717) is 17.1 Å². The van der Waals surface area contributed by atoms with Crippen LogP contribution in [0.1, 0.15) is 35.3 Å². The normalized spacial score (nSPS) is 12.1. The van der Waals surface area contributed by atoms with Crippen molar-refractivity contribution in [2.75, 3.05) is 29.7 Å². The number of carbonyl (C=O) groups excluding carboxylic acids is 3. The summed E-state index contributed by atoms with van der Waals surface area (Å²) in [5.41, 5.74) is 6.32. The number of esters is 1. The smallest absolute Gasteiger partial charge is 0.327 e. The lowest BCUT2D eigenvalue weighted by atomic mass is 10.1. The van der Waals surface area contributed by atoms with E-state index in [4.69, 9.17) is 5.73 Å². The van der Waals surface area contributed by atoms with E-state index in [-0.39, 0.29) is 54.2 Å². The Labute approximate surface area is 262 Å². The molecule has 17 nitrogen and oxygen atoms in total. The van der Waals surface area contributed by atoms with Crippen LogP contribution in [0.25, 0.3) is 11.2 Å². The van der Waals surface area contributed by atoms with Gasteiger partial charge >= 0.3 is 17.9 Å². The Morgan fingerprint density at radius 2 is 1.71 bits per heavy atom. The second-order valence-corrected chi connectivity index (χ2v) is 11.8. The van der Waals surface area contributed by atoms with Crippen LogP contribution in [-0.2, 0) is 30.5 Å². The lowest BCUT2D eigenvalue weighted by Crippen LogP contribution is -2.44. The van der Waals surface area contributed by atoms with Crippen LogP contribution < -0.4 is 27.2 Å². The molecule has 2 heterocycles. The second kappa shape index (κ2) is 16.8. The topological polar surface area (TPSA) is 269 Å². The fraction of sp³-hybridized carbons (Fsp3) is 0.346. The molecule has 3 rings (SSSR count). The molecule has 240 valence electrons. The second-order valence-electron chi connectivity index (χ2n) is 9.21. The molecule has 0 spiro atoms. The first-order valence-corrected chi connectivity index (χ1v) is 15.7. The molecule has 0 aliphatic heterocycles. The van der Waals surface area contributed by atoms with Crippen molar-refractivity contribution in [3.05, 3.63) is 52.1 Å². The minimum Gasteiger partial charge on any atom is -0.480 e. The van der Waals surface area contributed by atoms with Crippen molar-refractivity contribution in [3.63, 3.8) is 0 Å². The van der Waals surface area contributed by atoms with Gasteiger partial charge in [-0.1, -0.05) is 21.6 Å². The molecule has 2 aromatic heterocycles. The number of nitrogens with two attached hydrogens (primary N) is 1. The first kappa shape index (κ1) is 34.6. The number of methoxy groups -OCH3 is 1. The van der Waals surface area contributed by atoms with Crippen molar-refractivity contribution < 1.29 is 38.9 Å². The Hall–Kier alpha value is -4.91. The quantitative estimate of drug-likeness (QED) is 0.0585. The largest absolute Gasteiger partial charge is 0.480 e. The number of nitrogens with one attached hydrogen (secondary N) is 4. The van der Waals surface area contributed by atoms with Crippen LogP contribution in [-0.4, -0.2) is 90.6 Å². The van der Waals surface area contributed by atoms with Crippen LogP contribution in [0.4, 0.5) is 11.6 Å². The molecular weight excluding hydrogens is 632 g/mol. The van der Waals surface area contributed by atoms with Crippen LogP contribution in [0, 0.1) is 0 Å². The number of carboxylic acids is 2. The molecule has 45 heavy (non-hydrogen) atoms. The van der Waals surface area contributed by atoms with Gasteiger partial charge in [0.15, 0.2) is 11.2 Å². The van der Waals surface area contributed by atoms with Crippen molar-refractivity contribution in [2.45, 2.75) is 37.9 Å². The average molecular weight is 663 g/mol. The molecule has 0 radical (unpaired) electrons. The third-order valence-electron chi connectivity index (χ3n) is 5.94. The summed E-state index contributed by atoms with van der Waals surface area (Å²) < 4.78 is 4.52. The first-order chi connectivity index (χ1) is 21.5. The molecule has 0 aliphatic rings. The molecule has 0 fully saturated rings. The fourth-order valence-electron chi connectivity index (χ4n) is 3.61. The van der Waals surface area contributed by atoms with E-state index < -0.39 is 47.4 Å². The number of carboxylic acid groups (broad SMARTS) is 2. The summed E-state index contributed by atoms with van der Waals surface area (Å²) in [6.45, 7) is 0.192. The van der Waals surface area contributed by atoms with E-state index in [2.05, 4.69) is 40.6 Å². The van der Waals surface area contributed by atoms with Crippen molar-refractivity contribution in [3.8, 4) is 0 Å². The van der Waals surface area contributed by atoms with E-state index in [1.54, 1.807) is 12.1 Å².